The number of rotatable bonds is 0. The lowest BCUT2D eigenvalue weighted by molar-refractivity contribution is -0.127. The van der Waals surface area contributed by atoms with Crippen LogP contribution >= 0.6 is 11.6 Å². The van der Waals surface area contributed by atoms with E-state index in [0.717, 1.165) is 4.90 Å². The van der Waals surface area contributed by atoms with Crippen LogP contribution in [0.1, 0.15) is 26.3 Å². The normalized spacial score (nSPS) is 14.2. The number of amides is 4. The molecule has 0 saturated heterocycles. The summed E-state index contributed by atoms with van der Waals surface area (Å²) in [7, 11) is 0. The molecule has 0 fully saturated rings. The molecule has 1 aliphatic rings. The van der Waals surface area contributed by atoms with Gasteiger partial charge in [-0.15, -0.1) is 0 Å². The van der Waals surface area contributed by atoms with E-state index in [9.17, 15) is 14.4 Å². The second-order valence-corrected chi connectivity index (χ2v) is 6.12. The number of carbonyl (C=O) groups is 3. The molecule has 20 heavy (non-hydrogen) atoms. The Hall–Kier alpha value is -1.88. The van der Waals surface area contributed by atoms with E-state index < -0.39 is 17.4 Å². The summed E-state index contributed by atoms with van der Waals surface area (Å²) < 4.78 is 0. The summed E-state index contributed by atoms with van der Waals surface area (Å²) in [6, 6.07) is 4.12. The Bertz CT molecular complexity index is 605. The zero-order chi connectivity index (χ0) is 15.1. The Balaban J connectivity index is 2.24. The molecule has 0 unspecified atom stereocenters. The highest BCUT2D eigenvalue weighted by Gasteiger charge is 2.34. The van der Waals surface area contributed by atoms with E-state index in [1.54, 1.807) is 39.0 Å². The number of fused-ring (bicyclic) bond motifs is 1. The average Bonchev–Trinajstić information content (AvgIpc) is 2.62. The van der Waals surface area contributed by atoms with Crippen molar-refractivity contribution >= 4 is 35.1 Å². The first kappa shape index (κ1) is 14.5. The fraction of sp³-hybridized carbons (Fsp3) is 0.357. The van der Waals surface area contributed by atoms with E-state index in [1.807, 2.05) is 0 Å². The Morgan fingerprint density at radius 3 is 2.55 bits per heavy atom. The molecular formula is C14H15ClN2O3. The van der Waals surface area contributed by atoms with Crippen LogP contribution in [-0.4, -0.2) is 17.8 Å². The summed E-state index contributed by atoms with van der Waals surface area (Å²) in [5.41, 5.74) is 0.445. The lowest BCUT2D eigenvalue weighted by atomic mass is 9.96. The predicted octanol–water partition coefficient (Wildman–Crippen LogP) is 2.51. The van der Waals surface area contributed by atoms with Gasteiger partial charge in [-0.05, 0) is 23.8 Å². The van der Waals surface area contributed by atoms with Crippen molar-refractivity contribution < 1.29 is 14.4 Å². The lowest BCUT2D eigenvalue weighted by Gasteiger charge is -2.20. The zero-order valence-corrected chi connectivity index (χ0v) is 12.2. The second kappa shape index (κ2) is 4.90. The zero-order valence-electron chi connectivity index (χ0n) is 11.5. The number of nitrogens with zero attached hydrogens (tertiary/aromatic N) is 1. The SMILES string of the molecule is CC(C)(C)C(=O)NC(=O)N1C(=O)Cc2cc(Cl)ccc21. The number of carbonyl (C=O) groups excluding carboxylic acids is 3. The topological polar surface area (TPSA) is 66.5 Å². The number of benzene rings is 1. The number of anilines is 1. The number of nitrogens with one attached hydrogen (secondary N) is 1. The molecule has 1 aliphatic heterocycles. The first-order valence-corrected chi connectivity index (χ1v) is 6.55. The summed E-state index contributed by atoms with van der Waals surface area (Å²) in [5, 5.41) is 2.75. The van der Waals surface area contributed by atoms with E-state index in [0.29, 0.717) is 16.3 Å². The molecule has 1 aromatic rings. The van der Waals surface area contributed by atoms with Gasteiger partial charge >= 0.3 is 6.03 Å². The number of urea groups is 1. The van der Waals surface area contributed by atoms with Gasteiger partial charge in [0.15, 0.2) is 0 Å². The maximum atomic E-state index is 12.1. The smallest absolute Gasteiger partial charge is 0.277 e. The third-order valence-electron chi connectivity index (χ3n) is 2.98. The number of imide groups is 2. The van der Waals surface area contributed by atoms with Crippen molar-refractivity contribution in [3.63, 3.8) is 0 Å². The average molecular weight is 295 g/mol. The molecule has 1 N–H and O–H groups in total. The third kappa shape index (κ3) is 2.67. The van der Waals surface area contributed by atoms with Crippen LogP contribution in [-0.2, 0) is 16.0 Å². The first-order valence-electron chi connectivity index (χ1n) is 6.17. The molecule has 0 aliphatic carbocycles. The van der Waals surface area contributed by atoms with E-state index in [-0.39, 0.29) is 12.3 Å². The maximum absolute atomic E-state index is 12.1. The van der Waals surface area contributed by atoms with Gasteiger partial charge in [-0.25, -0.2) is 9.69 Å². The monoisotopic (exact) mass is 294 g/mol. The highest BCUT2D eigenvalue weighted by atomic mass is 35.5. The Labute approximate surface area is 121 Å². The van der Waals surface area contributed by atoms with Gasteiger partial charge in [0.2, 0.25) is 11.8 Å². The summed E-state index contributed by atoms with van der Waals surface area (Å²) in [6.07, 6.45) is 0.104. The summed E-state index contributed by atoms with van der Waals surface area (Å²) in [4.78, 5) is 36.8. The van der Waals surface area contributed by atoms with Gasteiger partial charge in [0.25, 0.3) is 0 Å². The van der Waals surface area contributed by atoms with Crippen molar-refractivity contribution in [3.05, 3.63) is 28.8 Å². The molecule has 1 heterocycles. The van der Waals surface area contributed by atoms with Crippen molar-refractivity contribution in [1.29, 1.82) is 0 Å². The van der Waals surface area contributed by atoms with Crippen molar-refractivity contribution in [2.75, 3.05) is 4.90 Å². The fourth-order valence-electron chi connectivity index (χ4n) is 1.85. The Kier molecular flexibility index (Phi) is 3.56. The van der Waals surface area contributed by atoms with Crippen LogP contribution < -0.4 is 10.2 Å². The highest BCUT2D eigenvalue weighted by molar-refractivity contribution is 6.31. The third-order valence-corrected chi connectivity index (χ3v) is 3.21. The Morgan fingerprint density at radius 2 is 1.95 bits per heavy atom. The summed E-state index contributed by atoms with van der Waals surface area (Å²) in [6.45, 7) is 5.07. The van der Waals surface area contributed by atoms with Gasteiger partial charge in [0.1, 0.15) is 0 Å². The molecule has 4 amide bonds. The summed E-state index contributed by atoms with van der Waals surface area (Å²) in [5.74, 6) is -0.806. The molecule has 0 radical (unpaired) electrons. The van der Waals surface area contributed by atoms with Crippen molar-refractivity contribution in [3.8, 4) is 0 Å². The Morgan fingerprint density at radius 1 is 1.30 bits per heavy atom. The molecular weight excluding hydrogens is 280 g/mol. The lowest BCUT2D eigenvalue weighted by Crippen LogP contribution is -2.48. The summed E-state index contributed by atoms with van der Waals surface area (Å²) >= 11 is 5.86. The molecule has 2 rings (SSSR count). The van der Waals surface area contributed by atoms with Crippen LogP contribution in [0.4, 0.5) is 10.5 Å². The minimum atomic E-state index is -0.726. The van der Waals surface area contributed by atoms with Crippen LogP contribution in [0.3, 0.4) is 0 Å². The van der Waals surface area contributed by atoms with Crippen LogP contribution in [0.25, 0.3) is 0 Å². The quantitative estimate of drug-likeness (QED) is 0.799. The standard InChI is InChI=1S/C14H15ClN2O3/c1-14(2,3)12(19)16-13(20)17-10-5-4-9(15)6-8(10)7-11(17)18/h4-6H,7H2,1-3H3,(H,16,19,20). The van der Waals surface area contributed by atoms with Crippen LogP contribution in [0.2, 0.25) is 5.02 Å². The minimum Gasteiger partial charge on any atom is -0.277 e. The molecule has 6 heteroatoms. The molecule has 0 aromatic heterocycles. The molecule has 1 aromatic carbocycles. The van der Waals surface area contributed by atoms with E-state index in [1.165, 1.54) is 0 Å². The van der Waals surface area contributed by atoms with E-state index in [4.69, 9.17) is 11.6 Å². The van der Waals surface area contributed by atoms with E-state index in [2.05, 4.69) is 5.32 Å². The fourth-order valence-corrected chi connectivity index (χ4v) is 2.05. The largest absolute Gasteiger partial charge is 0.335 e. The van der Waals surface area contributed by atoms with Gasteiger partial charge < -0.3 is 0 Å². The molecule has 0 saturated carbocycles. The molecule has 0 atom stereocenters. The molecule has 0 spiro atoms. The van der Waals surface area contributed by atoms with Crippen LogP contribution in [0.15, 0.2) is 18.2 Å². The maximum Gasteiger partial charge on any atom is 0.335 e. The van der Waals surface area contributed by atoms with Gasteiger partial charge in [-0.2, -0.15) is 0 Å². The highest BCUT2D eigenvalue weighted by Crippen LogP contribution is 2.31. The van der Waals surface area contributed by atoms with Crippen LogP contribution in [0, 0.1) is 5.41 Å². The van der Waals surface area contributed by atoms with Gasteiger partial charge in [0.05, 0.1) is 12.1 Å². The predicted molar refractivity (Wildman–Crippen MR) is 75.6 cm³/mol. The number of halogens is 1. The van der Waals surface area contributed by atoms with Gasteiger partial charge in [0, 0.05) is 10.4 Å². The van der Waals surface area contributed by atoms with Crippen molar-refractivity contribution in [1.82, 2.24) is 5.32 Å². The number of hydrogen-bond acceptors (Lipinski definition) is 3. The molecule has 0 bridgehead atoms. The number of hydrogen-bond donors (Lipinski definition) is 1. The van der Waals surface area contributed by atoms with Gasteiger partial charge in [-0.3, -0.25) is 14.9 Å². The van der Waals surface area contributed by atoms with Crippen LogP contribution in [0.5, 0.6) is 0 Å². The molecule has 106 valence electrons. The minimum absolute atomic E-state index is 0.104. The molecule has 5 nitrogen and oxygen atoms in total. The first-order chi connectivity index (χ1) is 9.20. The van der Waals surface area contributed by atoms with Crippen molar-refractivity contribution in [2.45, 2.75) is 27.2 Å². The van der Waals surface area contributed by atoms with Gasteiger partial charge in [-0.1, -0.05) is 32.4 Å². The van der Waals surface area contributed by atoms with E-state index >= 15 is 0 Å². The van der Waals surface area contributed by atoms with Crippen molar-refractivity contribution in [2.24, 2.45) is 5.41 Å². The second-order valence-electron chi connectivity index (χ2n) is 5.69.